The van der Waals surface area contributed by atoms with Crippen LogP contribution < -0.4 is 0 Å². The molecule has 0 aliphatic heterocycles. The zero-order valence-corrected chi connectivity index (χ0v) is 28.3. The normalized spacial score (nSPS) is 13.6. The van der Waals surface area contributed by atoms with Crippen LogP contribution in [0.1, 0.15) is 51.3 Å². The molecule has 6 aromatic carbocycles. The average molecular weight is 637 g/mol. The summed E-state index contributed by atoms with van der Waals surface area (Å²) in [6.45, 7) is 11.6. The second-order valence-electron chi connectivity index (χ2n) is 14.7. The van der Waals surface area contributed by atoms with Crippen LogP contribution in [0, 0.1) is 0 Å². The van der Waals surface area contributed by atoms with E-state index in [0.717, 1.165) is 50.0 Å². The predicted molar refractivity (Wildman–Crippen MR) is 200 cm³/mol. The van der Waals surface area contributed by atoms with Crippen molar-refractivity contribution in [1.82, 2.24) is 9.97 Å². The van der Waals surface area contributed by atoms with Gasteiger partial charge in [-0.05, 0) is 110 Å². The molecule has 1 aliphatic rings. The number of nitrogens with zero attached hydrogens (tertiary/aromatic N) is 2. The molecule has 49 heavy (non-hydrogen) atoms. The molecule has 8 aromatic rings. The molecule has 9 rings (SSSR count). The molecule has 0 atom stereocenters. The minimum absolute atomic E-state index is 0.0953. The molecule has 0 bridgehead atoms. The van der Waals surface area contributed by atoms with E-state index in [1.54, 1.807) is 0 Å². The van der Waals surface area contributed by atoms with E-state index >= 15 is 0 Å². The van der Waals surface area contributed by atoms with E-state index in [9.17, 15) is 0 Å². The fraction of sp³-hybridized carbons (Fsp3) is 0.156. The number of aromatic nitrogens is 2. The summed E-state index contributed by atoms with van der Waals surface area (Å²) in [6, 6.07) is 44.8. The van der Waals surface area contributed by atoms with Gasteiger partial charge in [0.1, 0.15) is 11.0 Å². The minimum Gasteiger partial charge on any atom is -0.436 e. The van der Waals surface area contributed by atoms with Crippen LogP contribution >= 0.6 is 0 Å². The Kier molecular flexibility index (Phi) is 6.38. The number of fused-ring (bicyclic) bond motifs is 5. The molecule has 0 spiro atoms. The van der Waals surface area contributed by atoms with Gasteiger partial charge in [0.05, 0.1) is 0 Å². The Morgan fingerprint density at radius 1 is 0.469 bits per heavy atom. The second kappa shape index (κ2) is 10.6. The van der Waals surface area contributed by atoms with Crippen molar-refractivity contribution in [2.45, 2.75) is 45.4 Å². The van der Waals surface area contributed by atoms with Crippen LogP contribution in [0.5, 0.6) is 0 Å². The van der Waals surface area contributed by atoms with Gasteiger partial charge in [0.25, 0.3) is 0 Å². The highest BCUT2D eigenvalue weighted by Crippen LogP contribution is 2.50. The first kappa shape index (κ1) is 29.4. The van der Waals surface area contributed by atoms with Gasteiger partial charge in [0, 0.05) is 16.5 Å². The van der Waals surface area contributed by atoms with Crippen LogP contribution in [0.4, 0.5) is 0 Å². The van der Waals surface area contributed by atoms with E-state index in [4.69, 9.17) is 18.8 Å². The van der Waals surface area contributed by atoms with Crippen molar-refractivity contribution in [2.24, 2.45) is 0 Å². The standard InChI is InChI=1S/C45H36N2O2/c1-44(2,3)33-18-20-35-34-19-17-29(25-36(34)45(4,5)37(35)26-33)27-11-10-12-28(21-27)30-22-31(42-46-38-13-6-8-15-40(38)48-42)24-32(23-30)43-47-39-14-7-9-16-41(39)49-43/h6-26H,1-5H3. The lowest BCUT2D eigenvalue weighted by molar-refractivity contribution is 0.584. The number of hydrogen-bond acceptors (Lipinski definition) is 4. The Labute approximate surface area is 286 Å². The number of rotatable bonds is 4. The summed E-state index contributed by atoms with van der Waals surface area (Å²) >= 11 is 0. The third kappa shape index (κ3) is 4.90. The van der Waals surface area contributed by atoms with Crippen molar-refractivity contribution >= 4 is 22.2 Å². The Morgan fingerprint density at radius 3 is 1.55 bits per heavy atom. The monoisotopic (exact) mass is 636 g/mol. The van der Waals surface area contributed by atoms with Crippen LogP contribution in [-0.4, -0.2) is 9.97 Å². The van der Waals surface area contributed by atoms with Gasteiger partial charge in [-0.3, -0.25) is 0 Å². The highest BCUT2D eigenvalue weighted by atomic mass is 16.4. The number of para-hydroxylation sites is 4. The molecular formula is C45H36N2O2. The van der Waals surface area contributed by atoms with Crippen molar-refractivity contribution in [1.29, 1.82) is 0 Å². The van der Waals surface area contributed by atoms with E-state index in [0.29, 0.717) is 11.8 Å². The van der Waals surface area contributed by atoms with Crippen LogP contribution in [0.3, 0.4) is 0 Å². The van der Waals surface area contributed by atoms with Crippen LogP contribution in [-0.2, 0) is 10.8 Å². The molecule has 0 unspecified atom stereocenters. The van der Waals surface area contributed by atoms with Crippen molar-refractivity contribution in [3.05, 3.63) is 144 Å². The predicted octanol–water partition coefficient (Wildman–Crippen LogP) is 12.2. The summed E-state index contributed by atoms with van der Waals surface area (Å²) in [4.78, 5) is 9.65. The number of benzene rings is 6. The molecule has 0 saturated heterocycles. The third-order valence-electron chi connectivity index (χ3n) is 10.1. The Bertz CT molecular complexity index is 2420. The van der Waals surface area contributed by atoms with Gasteiger partial charge < -0.3 is 8.83 Å². The summed E-state index contributed by atoms with van der Waals surface area (Å²) in [5, 5.41) is 0. The van der Waals surface area contributed by atoms with E-state index in [1.165, 1.54) is 33.4 Å². The van der Waals surface area contributed by atoms with Crippen LogP contribution in [0.25, 0.3) is 78.5 Å². The minimum atomic E-state index is -0.0953. The zero-order chi connectivity index (χ0) is 33.5. The summed E-state index contributed by atoms with van der Waals surface area (Å²) < 4.78 is 12.5. The molecule has 0 N–H and O–H groups in total. The maximum atomic E-state index is 6.24. The smallest absolute Gasteiger partial charge is 0.227 e. The summed E-state index contributed by atoms with van der Waals surface area (Å²) in [7, 11) is 0. The molecule has 2 aromatic heterocycles. The van der Waals surface area contributed by atoms with E-state index < -0.39 is 0 Å². The Morgan fingerprint density at radius 2 is 0.959 bits per heavy atom. The van der Waals surface area contributed by atoms with E-state index in [1.807, 2.05) is 54.6 Å². The van der Waals surface area contributed by atoms with Gasteiger partial charge >= 0.3 is 0 Å². The average Bonchev–Trinajstić information content (AvgIpc) is 3.81. The molecule has 0 radical (unpaired) electrons. The third-order valence-corrected chi connectivity index (χ3v) is 10.1. The first-order chi connectivity index (χ1) is 23.6. The SMILES string of the molecule is CC(C)(C)c1ccc2c(c1)C(C)(C)c1cc(-c3cccc(-c4cc(-c5nc6ccccc6o5)cc(-c5nc6ccccc6o5)c4)c3)ccc1-2. The van der Waals surface area contributed by atoms with E-state index in [-0.39, 0.29) is 10.8 Å². The van der Waals surface area contributed by atoms with Crippen LogP contribution in [0.2, 0.25) is 0 Å². The Balaban J connectivity index is 1.15. The van der Waals surface area contributed by atoms with Gasteiger partial charge in [-0.25, -0.2) is 9.97 Å². The second-order valence-corrected chi connectivity index (χ2v) is 14.7. The van der Waals surface area contributed by atoms with Crippen molar-refractivity contribution in [2.75, 3.05) is 0 Å². The number of oxazole rings is 2. The van der Waals surface area contributed by atoms with Gasteiger partial charge in [-0.15, -0.1) is 0 Å². The summed E-state index contributed by atoms with van der Waals surface area (Å²) in [5.41, 5.74) is 16.2. The maximum Gasteiger partial charge on any atom is 0.227 e. The quantitative estimate of drug-likeness (QED) is 0.193. The molecule has 4 heteroatoms. The lowest BCUT2D eigenvalue weighted by Crippen LogP contribution is -2.17. The molecule has 4 nitrogen and oxygen atoms in total. The van der Waals surface area contributed by atoms with Gasteiger partial charge in [-0.2, -0.15) is 0 Å². The molecule has 2 heterocycles. The van der Waals surface area contributed by atoms with Crippen molar-refractivity contribution in [3.63, 3.8) is 0 Å². The first-order valence-corrected chi connectivity index (χ1v) is 16.9. The molecule has 0 amide bonds. The van der Waals surface area contributed by atoms with E-state index in [2.05, 4.69) is 107 Å². The lowest BCUT2D eigenvalue weighted by Gasteiger charge is -2.25. The molecular weight excluding hydrogens is 601 g/mol. The highest BCUT2D eigenvalue weighted by molar-refractivity contribution is 5.86. The molecule has 0 fully saturated rings. The summed E-state index contributed by atoms with van der Waals surface area (Å²) in [6.07, 6.45) is 0. The maximum absolute atomic E-state index is 6.24. The van der Waals surface area contributed by atoms with Crippen molar-refractivity contribution in [3.8, 4) is 56.3 Å². The fourth-order valence-electron chi connectivity index (χ4n) is 7.29. The molecule has 1 aliphatic carbocycles. The largest absolute Gasteiger partial charge is 0.436 e. The molecule has 0 saturated carbocycles. The fourth-order valence-corrected chi connectivity index (χ4v) is 7.29. The zero-order valence-electron chi connectivity index (χ0n) is 28.3. The van der Waals surface area contributed by atoms with Gasteiger partial charge in [-0.1, -0.05) is 107 Å². The summed E-state index contributed by atoms with van der Waals surface area (Å²) in [5.74, 6) is 1.12. The number of hydrogen-bond donors (Lipinski definition) is 0. The first-order valence-electron chi connectivity index (χ1n) is 16.9. The Hall–Kier alpha value is -5.74. The molecule has 238 valence electrons. The van der Waals surface area contributed by atoms with Gasteiger partial charge in [0.2, 0.25) is 11.8 Å². The van der Waals surface area contributed by atoms with Crippen LogP contribution in [0.15, 0.2) is 136 Å². The van der Waals surface area contributed by atoms with Gasteiger partial charge in [0.15, 0.2) is 11.2 Å². The highest BCUT2D eigenvalue weighted by Gasteiger charge is 2.36. The lowest BCUT2D eigenvalue weighted by atomic mass is 9.78. The topological polar surface area (TPSA) is 52.1 Å². The van der Waals surface area contributed by atoms with Crippen molar-refractivity contribution < 1.29 is 8.83 Å².